The maximum atomic E-state index is 11.2. The van der Waals surface area contributed by atoms with Crippen molar-refractivity contribution in [2.75, 3.05) is 13.7 Å². The average molecular weight is 171 g/mol. The van der Waals surface area contributed by atoms with Gasteiger partial charge in [0.05, 0.1) is 7.11 Å². The first-order chi connectivity index (χ1) is 5.70. The summed E-state index contributed by atoms with van der Waals surface area (Å²) >= 11 is 0. The van der Waals surface area contributed by atoms with Crippen molar-refractivity contribution >= 4 is 6.09 Å². The number of rotatable bonds is 1. The molecule has 3 heteroatoms. The van der Waals surface area contributed by atoms with Crippen LogP contribution in [0.2, 0.25) is 0 Å². The van der Waals surface area contributed by atoms with Gasteiger partial charge in [-0.1, -0.05) is 13.3 Å². The molecule has 1 amide bonds. The summed E-state index contributed by atoms with van der Waals surface area (Å²) in [6.45, 7) is 5.12. The van der Waals surface area contributed by atoms with Gasteiger partial charge >= 0.3 is 6.09 Å². The third kappa shape index (κ3) is 1.54. The third-order valence-electron chi connectivity index (χ3n) is 2.85. The lowest BCUT2D eigenvalue weighted by Crippen LogP contribution is -2.35. The maximum Gasteiger partial charge on any atom is 0.409 e. The Morgan fingerprint density at radius 1 is 1.67 bits per heavy atom. The predicted octanol–water partition coefficient (Wildman–Crippen LogP) is 1.87. The SMILES string of the molecule is CCC1CCN(C(=O)OC)C1C. The molecule has 2 unspecified atom stereocenters. The van der Waals surface area contributed by atoms with E-state index in [0.717, 1.165) is 19.4 Å². The lowest BCUT2D eigenvalue weighted by Gasteiger charge is -2.22. The number of nitrogens with zero attached hydrogens (tertiary/aromatic N) is 1. The van der Waals surface area contributed by atoms with E-state index >= 15 is 0 Å². The van der Waals surface area contributed by atoms with E-state index in [1.807, 2.05) is 4.90 Å². The number of methoxy groups -OCH3 is 1. The minimum atomic E-state index is -0.182. The first kappa shape index (κ1) is 9.36. The molecule has 0 N–H and O–H groups in total. The molecule has 1 saturated heterocycles. The fraction of sp³-hybridized carbons (Fsp3) is 0.889. The summed E-state index contributed by atoms with van der Waals surface area (Å²) in [5.41, 5.74) is 0. The first-order valence-corrected chi connectivity index (χ1v) is 4.55. The largest absolute Gasteiger partial charge is 0.453 e. The van der Waals surface area contributed by atoms with Crippen LogP contribution in [0.3, 0.4) is 0 Å². The molecule has 0 spiro atoms. The van der Waals surface area contributed by atoms with Gasteiger partial charge in [0.25, 0.3) is 0 Å². The molecule has 0 aromatic heterocycles. The molecular formula is C9H17NO2. The Morgan fingerprint density at radius 3 is 2.75 bits per heavy atom. The van der Waals surface area contributed by atoms with Crippen LogP contribution in [-0.2, 0) is 4.74 Å². The van der Waals surface area contributed by atoms with Gasteiger partial charge < -0.3 is 9.64 Å². The second-order valence-electron chi connectivity index (χ2n) is 3.36. The van der Waals surface area contributed by atoms with Gasteiger partial charge in [-0.25, -0.2) is 4.79 Å². The zero-order valence-corrected chi connectivity index (χ0v) is 8.04. The Bertz CT molecular complexity index is 170. The smallest absolute Gasteiger partial charge is 0.409 e. The average Bonchev–Trinajstić information content (AvgIpc) is 2.45. The minimum Gasteiger partial charge on any atom is -0.453 e. The summed E-state index contributed by atoms with van der Waals surface area (Å²) in [7, 11) is 1.44. The summed E-state index contributed by atoms with van der Waals surface area (Å²) in [6, 6.07) is 0.349. The summed E-state index contributed by atoms with van der Waals surface area (Å²) in [4.78, 5) is 13.0. The van der Waals surface area contributed by atoms with Crippen molar-refractivity contribution in [1.82, 2.24) is 4.90 Å². The van der Waals surface area contributed by atoms with Gasteiger partial charge in [0, 0.05) is 12.6 Å². The zero-order chi connectivity index (χ0) is 9.14. The topological polar surface area (TPSA) is 29.5 Å². The van der Waals surface area contributed by atoms with Crippen LogP contribution in [0, 0.1) is 5.92 Å². The van der Waals surface area contributed by atoms with E-state index in [1.165, 1.54) is 7.11 Å². The van der Waals surface area contributed by atoms with E-state index in [0.29, 0.717) is 12.0 Å². The number of hydrogen-bond acceptors (Lipinski definition) is 2. The van der Waals surface area contributed by atoms with E-state index in [1.54, 1.807) is 0 Å². The van der Waals surface area contributed by atoms with Gasteiger partial charge in [-0.3, -0.25) is 0 Å². The van der Waals surface area contributed by atoms with Crippen LogP contribution in [-0.4, -0.2) is 30.7 Å². The Balaban J connectivity index is 2.54. The molecule has 1 heterocycles. The summed E-state index contributed by atoms with van der Waals surface area (Å²) in [5, 5.41) is 0. The van der Waals surface area contributed by atoms with Gasteiger partial charge in [0.2, 0.25) is 0 Å². The number of hydrogen-bond donors (Lipinski definition) is 0. The van der Waals surface area contributed by atoms with Gasteiger partial charge in [-0.15, -0.1) is 0 Å². The van der Waals surface area contributed by atoms with E-state index in [9.17, 15) is 4.79 Å². The Morgan fingerprint density at radius 2 is 2.33 bits per heavy atom. The summed E-state index contributed by atoms with van der Waals surface area (Å²) in [6.07, 6.45) is 2.08. The van der Waals surface area contributed by atoms with Crippen LogP contribution < -0.4 is 0 Å². The fourth-order valence-corrected chi connectivity index (χ4v) is 1.92. The van der Waals surface area contributed by atoms with E-state index in [-0.39, 0.29) is 6.09 Å². The molecule has 70 valence electrons. The molecule has 0 radical (unpaired) electrons. The van der Waals surface area contributed by atoms with Crippen molar-refractivity contribution in [3.8, 4) is 0 Å². The van der Waals surface area contributed by atoms with Crippen molar-refractivity contribution in [1.29, 1.82) is 0 Å². The molecule has 12 heavy (non-hydrogen) atoms. The fourth-order valence-electron chi connectivity index (χ4n) is 1.92. The van der Waals surface area contributed by atoms with Crippen LogP contribution in [0.15, 0.2) is 0 Å². The highest BCUT2D eigenvalue weighted by molar-refractivity contribution is 5.68. The molecular weight excluding hydrogens is 154 g/mol. The number of amides is 1. The van der Waals surface area contributed by atoms with Gasteiger partial charge in [0.1, 0.15) is 0 Å². The van der Waals surface area contributed by atoms with Crippen LogP contribution >= 0.6 is 0 Å². The number of carbonyl (C=O) groups excluding carboxylic acids is 1. The summed E-state index contributed by atoms with van der Waals surface area (Å²) in [5.74, 6) is 0.657. The lowest BCUT2D eigenvalue weighted by atomic mass is 9.99. The monoisotopic (exact) mass is 171 g/mol. The quantitative estimate of drug-likeness (QED) is 0.602. The molecule has 1 rings (SSSR count). The Labute approximate surface area is 73.7 Å². The van der Waals surface area contributed by atoms with Gasteiger partial charge in [0.15, 0.2) is 0 Å². The lowest BCUT2D eigenvalue weighted by molar-refractivity contribution is 0.117. The molecule has 1 aliphatic heterocycles. The van der Waals surface area contributed by atoms with Crippen LogP contribution in [0.25, 0.3) is 0 Å². The minimum absolute atomic E-state index is 0.182. The number of carbonyl (C=O) groups is 1. The highest BCUT2D eigenvalue weighted by Crippen LogP contribution is 2.26. The van der Waals surface area contributed by atoms with E-state index in [4.69, 9.17) is 0 Å². The maximum absolute atomic E-state index is 11.2. The van der Waals surface area contributed by atoms with Crippen LogP contribution in [0.5, 0.6) is 0 Å². The molecule has 0 aromatic rings. The Kier molecular flexibility index (Phi) is 2.95. The molecule has 1 aliphatic rings. The molecule has 1 fully saturated rings. The molecule has 0 bridgehead atoms. The highest BCUT2D eigenvalue weighted by Gasteiger charge is 2.32. The standard InChI is InChI=1S/C9H17NO2/c1-4-8-5-6-10(7(8)2)9(11)12-3/h7-8H,4-6H2,1-3H3. The zero-order valence-electron chi connectivity index (χ0n) is 8.04. The van der Waals surface area contributed by atoms with E-state index in [2.05, 4.69) is 18.6 Å². The van der Waals surface area contributed by atoms with Gasteiger partial charge in [-0.2, -0.15) is 0 Å². The van der Waals surface area contributed by atoms with Crippen molar-refractivity contribution in [3.05, 3.63) is 0 Å². The normalized spacial score (nSPS) is 29.1. The predicted molar refractivity (Wildman–Crippen MR) is 47.0 cm³/mol. The van der Waals surface area contributed by atoms with Crippen LogP contribution in [0.4, 0.5) is 4.79 Å². The van der Waals surface area contributed by atoms with Crippen molar-refractivity contribution in [2.45, 2.75) is 32.7 Å². The number of likely N-dealkylation sites (tertiary alicyclic amines) is 1. The van der Waals surface area contributed by atoms with E-state index < -0.39 is 0 Å². The van der Waals surface area contributed by atoms with Crippen molar-refractivity contribution in [3.63, 3.8) is 0 Å². The van der Waals surface area contributed by atoms with Crippen LogP contribution in [0.1, 0.15) is 26.7 Å². The third-order valence-corrected chi connectivity index (χ3v) is 2.85. The second-order valence-corrected chi connectivity index (χ2v) is 3.36. The summed E-state index contributed by atoms with van der Waals surface area (Å²) < 4.78 is 4.68. The number of ether oxygens (including phenoxy) is 1. The highest BCUT2D eigenvalue weighted by atomic mass is 16.5. The molecule has 0 aliphatic carbocycles. The van der Waals surface area contributed by atoms with Gasteiger partial charge in [-0.05, 0) is 19.3 Å². The Hall–Kier alpha value is -0.730. The molecule has 3 nitrogen and oxygen atoms in total. The van der Waals surface area contributed by atoms with Crippen molar-refractivity contribution in [2.24, 2.45) is 5.92 Å². The van der Waals surface area contributed by atoms with Crippen molar-refractivity contribution < 1.29 is 9.53 Å². The molecule has 2 atom stereocenters. The molecule has 0 saturated carbocycles. The first-order valence-electron chi connectivity index (χ1n) is 4.55. The molecule has 0 aromatic carbocycles. The second kappa shape index (κ2) is 3.78.